The average Bonchev–Trinajstić information content (AvgIpc) is 2.86. The van der Waals surface area contributed by atoms with Crippen LogP contribution in [0.15, 0.2) is 18.3 Å². The maximum absolute atomic E-state index is 11.8. The largest absolute Gasteiger partial charge is 0.343 e. The molecule has 0 fully saturated rings. The normalized spacial score (nSPS) is 10.3. The monoisotopic (exact) mass is 261 g/mol. The number of nitrogens with two attached hydrogens (primary N) is 1. The Morgan fingerprint density at radius 1 is 1.42 bits per heavy atom. The summed E-state index contributed by atoms with van der Waals surface area (Å²) in [6.45, 7) is 1.75. The van der Waals surface area contributed by atoms with Crippen LogP contribution in [-0.2, 0) is 0 Å². The second-order valence-electron chi connectivity index (χ2n) is 4.15. The lowest BCUT2D eigenvalue weighted by Gasteiger charge is -2.07. The third-order valence-electron chi connectivity index (χ3n) is 2.42. The molecule has 0 unspecified atom stereocenters. The highest BCUT2D eigenvalue weighted by atomic mass is 16.2. The number of nitrogens with one attached hydrogen (secondary N) is 1. The Bertz CT molecular complexity index is 605. The Balaban J connectivity index is 2.37. The van der Waals surface area contributed by atoms with Gasteiger partial charge >= 0.3 is 0 Å². The number of anilines is 1. The minimum absolute atomic E-state index is 0.165. The van der Waals surface area contributed by atoms with Crippen LogP contribution in [0.4, 0.5) is 5.82 Å². The van der Waals surface area contributed by atoms with Crippen LogP contribution in [0.5, 0.6) is 0 Å². The van der Waals surface area contributed by atoms with Gasteiger partial charge in [0.2, 0.25) is 0 Å². The fraction of sp³-hybridized carbons (Fsp3) is 0.273. The smallest absolute Gasteiger partial charge is 0.273 e. The highest BCUT2D eigenvalue weighted by Crippen LogP contribution is 2.10. The molecule has 0 saturated carbocycles. The van der Waals surface area contributed by atoms with Gasteiger partial charge in [-0.05, 0) is 13.0 Å². The van der Waals surface area contributed by atoms with Crippen LogP contribution in [0.1, 0.15) is 16.3 Å². The van der Waals surface area contributed by atoms with Gasteiger partial charge in [0.1, 0.15) is 11.6 Å². The molecule has 2 rings (SSSR count). The van der Waals surface area contributed by atoms with E-state index < -0.39 is 0 Å². The van der Waals surface area contributed by atoms with Crippen LogP contribution in [0, 0.1) is 6.92 Å². The van der Waals surface area contributed by atoms with Crippen molar-refractivity contribution in [2.45, 2.75) is 6.92 Å². The van der Waals surface area contributed by atoms with Gasteiger partial charge in [-0.15, -0.1) is 0 Å². The first kappa shape index (κ1) is 13.0. The quantitative estimate of drug-likeness (QED) is 0.593. The van der Waals surface area contributed by atoms with E-state index in [1.165, 1.54) is 9.58 Å². The van der Waals surface area contributed by atoms with Gasteiger partial charge in [0.05, 0.1) is 0 Å². The van der Waals surface area contributed by atoms with Gasteiger partial charge in [0.15, 0.2) is 11.5 Å². The molecule has 0 aliphatic carbocycles. The number of nitrogen functional groups attached to an aromatic ring is 1. The van der Waals surface area contributed by atoms with Gasteiger partial charge in [-0.1, -0.05) is 0 Å². The van der Waals surface area contributed by atoms with Crippen molar-refractivity contribution >= 4 is 11.7 Å². The molecular formula is C11H15N7O. The van der Waals surface area contributed by atoms with E-state index in [9.17, 15) is 4.79 Å². The van der Waals surface area contributed by atoms with Crippen LogP contribution in [0.3, 0.4) is 0 Å². The second-order valence-corrected chi connectivity index (χ2v) is 4.15. The molecule has 8 nitrogen and oxygen atoms in total. The molecule has 0 aliphatic rings. The van der Waals surface area contributed by atoms with Gasteiger partial charge < -0.3 is 10.3 Å². The molecule has 2 heterocycles. The molecule has 1 amide bonds. The topological polar surface area (TPSA) is 102 Å². The van der Waals surface area contributed by atoms with Gasteiger partial charge in [-0.25, -0.2) is 20.5 Å². The lowest BCUT2D eigenvalue weighted by molar-refractivity contribution is 0.0821. The Hall–Kier alpha value is -2.48. The highest BCUT2D eigenvalue weighted by molar-refractivity contribution is 5.91. The second kappa shape index (κ2) is 5.02. The Labute approximate surface area is 110 Å². The first-order valence-corrected chi connectivity index (χ1v) is 5.61. The number of carbonyl (C=O) groups is 1. The molecule has 19 heavy (non-hydrogen) atoms. The third-order valence-corrected chi connectivity index (χ3v) is 2.42. The average molecular weight is 261 g/mol. The first-order valence-electron chi connectivity index (χ1n) is 5.61. The van der Waals surface area contributed by atoms with Crippen molar-refractivity contribution in [3.8, 4) is 5.82 Å². The number of hydrogen-bond acceptors (Lipinski definition) is 6. The maximum atomic E-state index is 11.8. The number of nitrogens with zero attached hydrogens (tertiary/aromatic N) is 5. The molecule has 8 heteroatoms. The molecule has 2 aromatic heterocycles. The third kappa shape index (κ3) is 2.68. The standard InChI is InChI=1S/C11H15N7O/c1-7-13-9(15-12)6-10(14-7)18-5-4-8(16-18)11(19)17(2)3/h4-6H,12H2,1-3H3,(H,13,14,15). The van der Waals surface area contributed by atoms with Crippen molar-refractivity contribution in [2.24, 2.45) is 5.84 Å². The van der Waals surface area contributed by atoms with E-state index in [0.717, 1.165) is 0 Å². The molecular weight excluding hydrogens is 246 g/mol. The van der Waals surface area contributed by atoms with Gasteiger partial charge in [0.25, 0.3) is 5.91 Å². The predicted molar refractivity (Wildman–Crippen MR) is 69.7 cm³/mol. The molecule has 2 aromatic rings. The number of aromatic nitrogens is 4. The van der Waals surface area contributed by atoms with Crippen molar-refractivity contribution < 1.29 is 4.79 Å². The van der Waals surface area contributed by atoms with Crippen molar-refractivity contribution in [1.29, 1.82) is 0 Å². The van der Waals surface area contributed by atoms with Crippen LogP contribution >= 0.6 is 0 Å². The number of carbonyl (C=O) groups excluding carboxylic acids is 1. The van der Waals surface area contributed by atoms with E-state index in [1.54, 1.807) is 39.3 Å². The molecule has 0 aromatic carbocycles. The molecule has 0 atom stereocenters. The van der Waals surface area contributed by atoms with Crippen LogP contribution in [0.25, 0.3) is 5.82 Å². The minimum Gasteiger partial charge on any atom is -0.343 e. The highest BCUT2D eigenvalue weighted by Gasteiger charge is 2.13. The molecule has 3 N–H and O–H groups in total. The van der Waals surface area contributed by atoms with Crippen molar-refractivity contribution in [1.82, 2.24) is 24.6 Å². The van der Waals surface area contributed by atoms with Crippen molar-refractivity contribution in [3.05, 3.63) is 29.8 Å². The fourth-order valence-corrected chi connectivity index (χ4v) is 1.54. The summed E-state index contributed by atoms with van der Waals surface area (Å²) < 4.78 is 1.51. The van der Waals surface area contributed by atoms with E-state index >= 15 is 0 Å². The van der Waals surface area contributed by atoms with Crippen LogP contribution < -0.4 is 11.3 Å². The van der Waals surface area contributed by atoms with E-state index in [0.29, 0.717) is 23.2 Å². The summed E-state index contributed by atoms with van der Waals surface area (Å²) in [6, 6.07) is 3.28. The molecule has 0 bridgehead atoms. The zero-order valence-electron chi connectivity index (χ0n) is 11.0. The Morgan fingerprint density at radius 2 is 2.16 bits per heavy atom. The summed E-state index contributed by atoms with van der Waals surface area (Å²) in [5, 5.41) is 4.18. The number of amides is 1. The lowest BCUT2D eigenvalue weighted by atomic mass is 10.4. The zero-order chi connectivity index (χ0) is 14.0. The fourth-order valence-electron chi connectivity index (χ4n) is 1.54. The van der Waals surface area contributed by atoms with Crippen LogP contribution in [-0.4, -0.2) is 44.7 Å². The molecule has 0 spiro atoms. The summed E-state index contributed by atoms with van der Waals surface area (Å²) >= 11 is 0. The Morgan fingerprint density at radius 3 is 2.79 bits per heavy atom. The predicted octanol–water partition coefficient (Wildman–Crippen LogP) is -0.0419. The summed E-state index contributed by atoms with van der Waals surface area (Å²) in [5.41, 5.74) is 2.81. The zero-order valence-corrected chi connectivity index (χ0v) is 11.0. The van der Waals surface area contributed by atoms with Crippen molar-refractivity contribution in [3.63, 3.8) is 0 Å². The van der Waals surface area contributed by atoms with Gasteiger partial charge in [-0.3, -0.25) is 4.79 Å². The van der Waals surface area contributed by atoms with E-state index in [4.69, 9.17) is 5.84 Å². The molecule has 0 aliphatic heterocycles. The summed E-state index contributed by atoms with van der Waals surface area (Å²) in [6.07, 6.45) is 1.67. The minimum atomic E-state index is -0.165. The number of hydrogen-bond donors (Lipinski definition) is 2. The Kier molecular flexibility index (Phi) is 3.43. The molecule has 0 radical (unpaired) electrons. The van der Waals surface area contributed by atoms with Crippen LogP contribution in [0.2, 0.25) is 0 Å². The number of rotatable bonds is 3. The SMILES string of the molecule is Cc1nc(NN)cc(-n2ccc(C(=O)N(C)C)n2)n1. The summed E-state index contributed by atoms with van der Waals surface area (Å²) in [5.74, 6) is 6.74. The summed E-state index contributed by atoms with van der Waals surface area (Å²) in [7, 11) is 3.35. The van der Waals surface area contributed by atoms with E-state index in [2.05, 4.69) is 20.5 Å². The summed E-state index contributed by atoms with van der Waals surface area (Å²) in [4.78, 5) is 21.6. The van der Waals surface area contributed by atoms with Crippen molar-refractivity contribution in [2.75, 3.05) is 19.5 Å². The first-order chi connectivity index (χ1) is 9.01. The number of aryl methyl sites for hydroxylation is 1. The number of hydrazine groups is 1. The van der Waals surface area contributed by atoms with Gasteiger partial charge in [0, 0.05) is 26.4 Å². The molecule has 0 saturated heterocycles. The lowest BCUT2D eigenvalue weighted by Crippen LogP contribution is -2.22. The molecule has 100 valence electrons. The van der Waals surface area contributed by atoms with Gasteiger partial charge in [-0.2, -0.15) is 5.10 Å². The maximum Gasteiger partial charge on any atom is 0.273 e. The van der Waals surface area contributed by atoms with E-state index in [1.807, 2.05) is 0 Å². The van der Waals surface area contributed by atoms with E-state index in [-0.39, 0.29) is 5.91 Å².